The van der Waals surface area contributed by atoms with E-state index < -0.39 is 22.6 Å². The van der Waals surface area contributed by atoms with Crippen molar-refractivity contribution < 1.29 is 27.6 Å². The van der Waals surface area contributed by atoms with E-state index in [0.29, 0.717) is 44.7 Å². The van der Waals surface area contributed by atoms with Gasteiger partial charge in [-0.05, 0) is 59.9 Å². The van der Waals surface area contributed by atoms with E-state index in [-0.39, 0.29) is 16.9 Å². The number of rotatable bonds is 6. The monoisotopic (exact) mass is 524 g/mol. The summed E-state index contributed by atoms with van der Waals surface area (Å²) in [5.74, 6) is -0.822. The van der Waals surface area contributed by atoms with Crippen molar-refractivity contribution in [3.63, 3.8) is 0 Å². The van der Waals surface area contributed by atoms with Crippen molar-refractivity contribution in [1.29, 1.82) is 5.26 Å². The van der Waals surface area contributed by atoms with Gasteiger partial charge in [0.2, 0.25) is 0 Å². The fraction of sp³-hybridized carbons (Fsp3) is 0.259. The predicted octanol–water partition coefficient (Wildman–Crippen LogP) is 5.47. The molecule has 0 saturated carbocycles. The quantitative estimate of drug-likeness (QED) is 0.233. The van der Waals surface area contributed by atoms with Gasteiger partial charge in [-0.2, -0.15) is 18.4 Å². The molecule has 2 aromatic rings. The Balaban J connectivity index is 1.68. The zero-order chi connectivity index (χ0) is 27.3. The third kappa shape index (κ3) is 6.27. The summed E-state index contributed by atoms with van der Waals surface area (Å²) in [5.41, 5.74) is 1.81. The lowest BCUT2D eigenvalue weighted by atomic mass is 10.1. The van der Waals surface area contributed by atoms with Crippen molar-refractivity contribution in [2.75, 3.05) is 31.6 Å². The fourth-order valence-electron chi connectivity index (χ4n) is 4.41. The summed E-state index contributed by atoms with van der Waals surface area (Å²) in [4.78, 5) is 25.6. The SMILES string of the molecule is N#C/C(=C\C1=C(N2CCOCC2)C(=C/c2cccc([N+](=O)[O-])c2)/CC1)C(=O)Nc1cccc(C(F)(F)F)c1. The number of hydrogen-bond donors (Lipinski definition) is 1. The molecule has 1 aliphatic heterocycles. The molecule has 11 heteroatoms. The third-order valence-corrected chi connectivity index (χ3v) is 6.15. The summed E-state index contributed by atoms with van der Waals surface area (Å²) in [6.07, 6.45) is -0.168. The number of nitrogens with zero attached hydrogens (tertiary/aromatic N) is 3. The number of halogens is 3. The second-order valence-electron chi connectivity index (χ2n) is 8.70. The lowest BCUT2D eigenvalue weighted by Crippen LogP contribution is -2.36. The fourth-order valence-corrected chi connectivity index (χ4v) is 4.41. The molecule has 2 aromatic carbocycles. The lowest BCUT2D eigenvalue weighted by Gasteiger charge is -2.31. The summed E-state index contributed by atoms with van der Waals surface area (Å²) in [6, 6.07) is 12.3. The van der Waals surface area contributed by atoms with Crippen LogP contribution >= 0.6 is 0 Å². The molecule has 0 aromatic heterocycles. The molecule has 2 aliphatic rings. The largest absolute Gasteiger partial charge is 0.416 e. The first-order chi connectivity index (χ1) is 18.2. The average molecular weight is 524 g/mol. The minimum atomic E-state index is -4.57. The van der Waals surface area contributed by atoms with Gasteiger partial charge in [0.05, 0.1) is 23.7 Å². The Hall–Kier alpha value is -4.43. The van der Waals surface area contributed by atoms with Crippen LogP contribution in [0.3, 0.4) is 0 Å². The van der Waals surface area contributed by atoms with Crippen molar-refractivity contribution in [3.05, 3.63) is 98.3 Å². The molecule has 1 aliphatic carbocycles. The molecule has 4 rings (SSSR count). The normalized spacial score (nSPS) is 17.5. The number of amides is 1. The Kier molecular flexibility index (Phi) is 7.93. The summed E-state index contributed by atoms with van der Waals surface area (Å²) in [7, 11) is 0. The lowest BCUT2D eigenvalue weighted by molar-refractivity contribution is -0.384. The van der Waals surface area contributed by atoms with E-state index in [1.807, 2.05) is 12.1 Å². The van der Waals surface area contributed by atoms with Crippen LogP contribution in [0.2, 0.25) is 0 Å². The molecule has 38 heavy (non-hydrogen) atoms. The molecule has 1 saturated heterocycles. The minimum absolute atomic E-state index is 0.0348. The molecule has 0 radical (unpaired) electrons. The molecule has 8 nitrogen and oxygen atoms in total. The number of nitro benzene ring substituents is 1. The molecule has 0 spiro atoms. The third-order valence-electron chi connectivity index (χ3n) is 6.15. The van der Waals surface area contributed by atoms with Crippen LogP contribution in [0.1, 0.15) is 24.0 Å². The maximum Gasteiger partial charge on any atom is 0.416 e. The molecular formula is C27H23F3N4O4. The van der Waals surface area contributed by atoms with Gasteiger partial charge in [-0.15, -0.1) is 0 Å². The Bertz CT molecular complexity index is 1380. The summed E-state index contributed by atoms with van der Waals surface area (Å²) in [6.45, 7) is 2.14. The van der Waals surface area contributed by atoms with Crippen molar-refractivity contribution in [1.82, 2.24) is 4.90 Å². The number of nitro groups is 1. The first kappa shape index (κ1) is 26.6. The standard InChI is InChI=1S/C27H23F3N4O4/c28-27(29,30)22-4-2-5-23(16-22)32-26(35)21(17-31)15-20-8-7-19(25(20)33-9-11-38-12-10-33)13-18-3-1-6-24(14-18)34(36)37/h1-6,13-16H,7-12H2,(H,32,35)/b19-13+,21-15+. The van der Waals surface area contributed by atoms with Crippen LogP contribution in [0.5, 0.6) is 0 Å². The van der Waals surface area contributed by atoms with Gasteiger partial charge in [-0.1, -0.05) is 18.2 Å². The van der Waals surface area contributed by atoms with Gasteiger partial charge in [-0.25, -0.2) is 0 Å². The maximum atomic E-state index is 13.0. The van der Waals surface area contributed by atoms with E-state index in [1.165, 1.54) is 30.3 Å². The van der Waals surface area contributed by atoms with Gasteiger partial charge in [0, 0.05) is 36.6 Å². The zero-order valence-corrected chi connectivity index (χ0v) is 20.1. The first-order valence-electron chi connectivity index (χ1n) is 11.8. The van der Waals surface area contributed by atoms with Gasteiger partial charge in [0.1, 0.15) is 11.6 Å². The molecule has 1 fully saturated rings. The molecule has 1 amide bonds. The molecule has 0 bridgehead atoms. The first-order valence-corrected chi connectivity index (χ1v) is 11.8. The van der Waals surface area contributed by atoms with Crippen molar-refractivity contribution in [2.24, 2.45) is 0 Å². The van der Waals surface area contributed by atoms with Gasteiger partial charge in [0.25, 0.3) is 11.6 Å². The molecule has 0 atom stereocenters. The smallest absolute Gasteiger partial charge is 0.378 e. The van der Waals surface area contributed by atoms with Gasteiger partial charge in [0.15, 0.2) is 0 Å². The number of nitrogens with one attached hydrogen (secondary N) is 1. The number of carbonyl (C=O) groups is 1. The Morgan fingerprint density at radius 1 is 1.13 bits per heavy atom. The van der Waals surface area contributed by atoms with E-state index in [0.717, 1.165) is 29.0 Å². The van der Waals surface area contributed by atoms with Crippen LogP contribution < -0.4 is 5.32 Å². The summed E-state index contributed by atoms with van der Waals surface area (Å²) < 4.78 is 44.6. The number of non-ortho nitro benzene ring substituents is 1. The number of benzene rings is 2. The van der Waals surface area contributed by atoms with Crippen LogP contribution in [0.25, 0.3) is 6.08 Å². The Morgan fingerprint density at radius 2 is 1.87 bits per heavy atom. The number of hydrogen-bond acceptors (Lipinski definition) is 6. The Morgan fingerprint density at radius 3 is 2.55 bits per heavy atom. The highest BCUT2D eigenvalue weighted by molar-refractivity contribution is 6.07. The Labute approximate surface area is 216 Å². The number of morpholine rings is 1. The molecule has 1 heterocycles. The highest BCUT2D eigenvalue weighted by Gasteiger charge is 2.31. The number of carbonyl (C=O) groups excluding carboxylic acids is 1. The topological polar surface area (TPSA) is 108 Å². The van der Waals surface area contributed by atoms with Crippen LogP contribution in [0.4, 0.5) is 24.5 Å². The van der Waals surface area contributed by atoms with Crippen molar-refractivity contribution >= 4 is 23.4 Å². The molecular weight excluding hydrogens is 501 g/mol. The number of nitriles is 1. The number of ether oxygens (including phenoxy) is 1. The number of anilines is 1. The summed E-state index contributed by atoms with van der Waals surface area (Å²) >= 11 is 0. The molecule has 0 unspecified atom stereocenters. The van der Waals surface area contributed by atoms with Gasteiger partial charge in [-0.3, -0.25) is 14.9 Å². The van der Waals surface area contributed by atoms with Crippen LogP contribution in [0, 0.1) is 21.4 Å². The van der Waals surface area contributed by atoms with E-state index >= 15 is 0 Å². The van der Waals surface area contributed by atoms with Gasteiger partial charge >= 0.3 is 6.18 Å². The van der Waals surface area contributed by atoms with Gasteiger partial charge < -0.3 is 15.0 Å². The van der Waals surface area contributed by atoms with Crippen LogP contribution in [-0.2, 0) is 15.7 Å². The maximum absolute atomic E-state index is 13.0. The summed E-state index contributed by atoms with van der Waals surface area (Å²) in [5, 5.41) is 23.3. The van der Waals surface area contributed by atoms with Crippen LogP contribution in [-0.4, -0.2) is 42.0 Å². The minimum Gasteiger partial charge on any atom is -0.378 e. The zero-order valence-electron chi connectivity index (χ0n) is 20.1. The van der Waals surface area contributed by atoms with E-state index in [9.17, 15) is 33.3 Å². The average Bonchev–Trinajstić information content (AvgIpc) is 3.29. The van der Waals surface area contributed by atoms with E-state index in [2.05, 4.69) is 10.2 Å². The number of allylic oxidation sites excluding steroid dienone is 3. The second-order valence-corrected chi connectivity index (χ2v) is 8.70. The molecule has 1 N–H and O–H groups in total. The molecule has 196 valence electrons. The second kappa shape index (κ2) is 11.3. The predicted molar refractivity (Wildman–Crippen MR) is 133 cm³/mol. The van der Waals surface area contributed by atoms with E-state index in [4.69, 9.17) is 4.74 Å². The van der Waals surface area contributed by atoms with Crippen molar-refractivity contribution in [3.8, 4) is 6.07 Å². The highest BCUT2D eigenvalue weighted by atomic mass is 19.4. The van der Waals surface area contributed by atoms with E-state index in [1.54, 1.807) is 12.1 Å². The highest BCUT2D eigenvalue weighted by Crippen LogP contribution is 2.37. The van der Waals surface area contributed by atoms with Crippen LogP contribution in [0.15, 0.2) is 77.0 Å². The van der Waals surface area contributed by atoms with Crippen molar-refractivity contribution in [2.45, 2.75) is 19.0 Å². The number of alkyl halides is 3.